The molecule has 0 radical (unpaired) electrons. The molecule has 1 saturated heterocycles. The number of anilines is 1. The van der Waals surface area contributed by atoms with E-state index in [0.29, 0.717) is 18.9 Å². The minimum absolute atomic E-state index is 0.277. The van der Waals surface area contributed by atoms with Gasteiger partial charge in [0.2, 0.25) is 10.0 Å². The van der Waals surface area contributed by atoms with Crippen molar-refractivity contribution in [2.75, 3.05) is 30.7 Å². The normalized spacial score (nSPS) is 15.4. The second kappa shape index (κ2) is 8.69. The first kappa shape index (κ1) is 18.2. The van der Waals surface area contributed by atoms with Crippen molar-refractivity contribution < 1.29 is 8.42 Å². The summed E-state index contributed by atoms with van der Waals surface area (Å²) in [6.07, 6.45) is 4.34. The molecule has 2 heterocycles. The maximum Gasteiger partial charge on any atom is 0.244 e. The first-order chi connectivity index (χ1) is 12.2. The summed E-state index contributed by atoms with van der Waals surface area (Å²) in [5.41, 5.74) is 0. The molecule has 1 aliphatic rings. The van der Waals surface area contributed by atoms with E-state index in [2.05, 4.69) is 22.4 Å². The zero-order valence-electron chi connectivity index (χ0n) is 14.1. The number of nitrogens with zero attached hydrogens (tertiary/aromatic N) is 2. The van der Waals surface area contributed by atoms with E-state index in [1.165, 1.54) is 15.4 Å². The molecular weight excluding hydrogens is 354 g/mol. The Morgan fingerprint density at radius 1 is 1.08 bits per heavy atom. The van der Waals surface area contributed by atoms with Gasteiger partial charge in [-0.05, 0) is 49.3 Å². The fourth-order valence-electron chi connectivity index (χ4n) is 2.71. The van der Waals surface area contributed by atoms with Crippen LogP contribution >= 0.6 is 11.8 Å². The molecule has 7 heteroatoms. The van der Waals surface area contributed by atoms with E-state index in [-0.39, 0.29) is 4.90 Å². The third kappa shape index (κ3) is 4.96. The molecule has 2 aromatic rings. The number of rotatable bonds is 8. The van der Waals surface area contributed by atoms with E-state index in [9.17, 15) is 8.42 Å². The van der Waals surface area contributed by atoms with Crippen molar-refractivity contribution in [3.8, 4) is 0 Å². The zero-order valence-corrected chi connectivity index (χ0v) is 15.7. The van der Waals surface area contributed by atoms with Gasteiger partial charge in [-0.2, -0.15) is 4.31 Å². The van der Waals surface area contributed by atoms with Crippen molar-refractivity contribution in [2.24, 2.45) is 0 Å². The van der Waals surface area contributed by atoms with Crippen molar-refractivity contribution in [1.82, 2.24) is 9.29 Å². The molecule has 0 spiro atoms. The van der Waals surface area contributed by atoms with Crippen LogP contribution in [0.15, 0.2) is 58.5 Å². The van der Waals surface area contributed by atoms with Crippen LogP contribution in [0.1, 0.15) is 19.3 Å². The van der Waals surface area contributed by atoms with Crippen molar-refractivity contribution in [3.63, 3.8) is 0 Å². The van der Waals surface area contributed by atoms with Crippen LogP contribution in [-0.2, 0) is 10.0 Å². The number of hydrogen-bond donors (Lipinski definition) is 1. The van der Waals surface area contributed by atoms with E-state index in [0.717, 1.165) is 31.6 Å². The Kier molecular flexibility index (Phi) is 6.34. The summed E-state index contributed by atoms with van der Waals surface area (Å²) < 4.78 is 26.4. The van der Waals surface area contributed by atoms with Crippen molar-refractivity contribution in [1.29, 1.82) is 0 Å². The van der Waals surface area contributed by atoms with Crippen LogP contribution in [0.2, 0.25) is 0 Å². The Balaban J connectivity index is 1.45. The van der Waals surface area contributed by atoms with Crippen LogP contribution in [0.5, 0.6) is 0 Å². The molecule has 3 rings (SSSR count). The van der Waals surface area contributed by atoms with Crippen LogP contribution < -0.4 is 5.32 Å². The van der Waals surface area contributed by atoms with Crippen molar-refractivity contribution in [3.05, 3.63) is 48.7 Å². The second-order valence-electron chi connectivity index (χ2n) is 5.93. The highest BCUT2D eigenvalue weighted by Gasteiger charge is 2.27. The summed E-state index contributed by atoms with van der Waals surface area (Å²) in [6.45, 7) is 2.04. The Labute approximate surface area is 153 Å². The highest BCUT2D eigenvalue weighted by Crippen LogP contribution is 2.21. The van der Waals surface area contributed by atoms with Crippen molar-refractivity contribution in [2.45, 2.75) is 29.1 Å². The summed E-state index contributed by atoms with van der Waals surface area (Å²) in [5.74, 6) is 1.74. The summed E-state index contributed by atoms with van der Waals surface area (Å²) >= 11 is 1.83. The molecule has 1 aliphatic heterocycles. The number of nitrogens with one attached hydrogen (secondary N) is 1. The van der Waals surface area contributed by atoms with Crippen LogP contribution in [-0.4, -0.2) is 43.1 Å². The fraction of sp³-hybridized carbons (Fsp3) is 0.389. The molecule has 25 heavy (non-hydrogen) atoms. The number of hydrogen-bond acceptors (Lipinski definition) is 5. The molecular formula is C18H23N3O2S2. The van der Waals surface area contributed by atoms with E-state index >= 15 is 0 Å². The lowest BCUT2D eigenvalue weighted by atomic mass is 10.4. The number of pyridine rings is 1. The molecule has 0 saturated carbocycles. The third-order valence-electron chi connectivity index (χ3n) is 4.08. The largest absolute Gasteiger partial charge is 0.370 e. The van der Waals surface area contributed by atoms with Gasteiger partial charge in [0.25, 0.3) is 0 Å². The predicted octanol–water partition coefficient (Wildman–Crippen LogP) is 3.46. The second-order valence-corrected chi connectivity index (χ2v) is 9.04. The lowest BCUT2D eigenvalue weighted by Crippen LogP contribution is -2.27. The maximum absolute atomic E-state index is 12.4. The molecule has 1 N–H and O–H groups in total. The lowest BCUT2D eigenvalue weighted by Gasteiger charge is -2.15. The molecule has 0 amide bonds. The fourth-order valence-corrected chi connectivity index (χ4v) is 5.05. The van der Waals surface area contributed by atoms with Gasteiger partial charge in [-0.3, -0.25) is 0 Å². The first-order valence-corrected chi connectivity index (χ1v) is 11.0. The molecule has 5 nitrogen and oxygen atoms in total. The quantitative estimate of drug-likeness (QED) is 0.564. The SMILES string of the molecule is O=S(=O)(c1ccc(NCCCSc2ccccc2)nc1)N1CCCC1. The van der Waals surface area contributed by atoms with Crippen LogP contribution in [0.3, 0.4) is 0 Å². The third-order valence-corrected chi connectivity index (χ3v) is 7.06. The van der Waals surface area contributed by atoms with Crippen LogP contribution in [0, 0.1) is 0 Å². The number of benzene rings is 1. The van der Waals surface area contributed by atoms with Gasteiger partial charge in [0.15, 0.2) is 0 Å². The van der Waals surface area contributed by atoms with E-state index in [1.54, 1.807) is 12.1 Å². The minimum Gasteiger partial charge on any atom is -0.370 e. The minimum atomic E-state index is -3.38. The molecule has 0 bridgehead atoms. The van der Waals surface area contributed by atoms with Crippen LogP contribution in [0.4, 0.5) is 5.82 Å². The Bertz CT molecular complexity index is 759. The van der Waals surface area contributed by atoms with Gasteiger partial charge in [-0.1, -0.05) is 18.2 Å². The van der Waals surface area contributed by atoms with Gasteiger partial charge in [0, 0.05) is 30.7 Å². The lowest BCUT2D eigenvalue weighted by molar-refractivity contribution is 0.477. The molecule has 1 aromatic carbocycles. The van der Waals surface area contributed by atoms with E-state index in [1.807, 2.05) is 30.0 Å². The number of thioether (sulfide) groups is 1. The van der Waals surface area contributed by atoms with E-state index < -0.39 is 10.0 Å². The molecule has 0 unspecified atom stereocenters. The van der Waals surface area contributed by atoms with Crippen molar-refractivity contribution >= 4 is 27.6 Å². The summed E-state index contributed by atoms with van der Waals surface area (Å²) in [6, 6.07) is 13.7. The average molecular weight is 378 g/mol. The number of sulfonamides is 1. The molecule has 134 valence electrons. The zero-order chi connectivity index (χ0) is 17.5. The molecule has 0 aliphatic carbocycles. The van der Waals surface area contributed by atoms with Gasteiger partial charge in [-0.15, -0.1) is 11.8 Å². The summed E-state index contributed by atoms with van der Waals surface area (Å²) in [5, 5.41) is 3.25. The maximum atomic E-state index is 12.4. The number of aromatic nitrogens is 1. The first-order valence-electron chi connectivity index (χ1n) is 8.54. The van der Waals surface area contributed by atoms with Gasteiger partial charge < -0.3 is 5.32 Å². The predicted molar refractivity (Wildman–Crippen MR) is 103 cm³/mol. The topological polar surface area (TPSA) is 62.3 Å². The van der Waals surface area contributed by atoms with Gasteiger partial charge in [0.1, 0.15) is 10.7 Å². The average Bonchev–Trinajstić information content (AvgIpc) is 3.18. The Morgan fingerprint density at radius 2 is 1.84 bits per heavy atom. The van der Waals surface area contributed by atoms with Gasteiger partial charge in [0.05, 0.1) is 0 Å². The highest BCUT2D eigenvalue weighted by molar-refractivity contribution is 7.99. The van der Waals surface area contributed by atoms with Gasteiger partial charge >= 0.3 is 0 Å². The molecule has 0 atom stereocenters. The monoisotopic (exact) mass is 377 g/mol. The molecule has 1 fully saturated rings. The Morgan fingerprint density at radius 3 is 2.52 bits per heavy atom. The standard InChI is InChI=1S/C18H23N3O2S2/c22-25(23,21-12-4-5-13-21)17-9-10-18(20-15-17)19-11-6-14-24-16-7-2-1-3-8-16/h1-3,7-10,15H,4-6,11-14H2,(H,19,20). The van der Waals surface area contributed by atoms with Crippen LogP contribution in [0.25, 0.3) is 0 Å². The summed E-state index contributed by atoms with van der Waals surface area (Å²) in [4.78, 5) is 5.80. The summed E-state index contributed by atoms with van der Waals surface area (Å²) in [7, 11) is -3.38. The highest BCUT2D eigenvalue weighted by atomic mass is 32.2. The molecule has 1 aromatic heterocycles. The van der Waals surface area contributed by atoms with E-state index in [4.69, 9.17) is 0 Å². The Hall–Kier alpha value is -1.57. The van der Waals surface area contributed by atoms with Gasteiger partial charge in [-0.25, -0.2) is 13.4 Å². The smallest absolute Gasteiger partial charge is 0.244 e.